The molecule has 4 aliphatic rings. The van der Waals surface area contributed by atoms with Crippen LogP contribution < -0.4 is 4.74 Å². The SMILES string of the molecule is COc1ccc(Br)c(Cn2cccc2/C=C2\CC[C@@H]3[C@H]4CCCN5CCC[C@@H](CN3C2=O)[C@@H]45)c1. The van der Waals surface area contributed by atoms with Crippen LogP contribution in [0.5, 0.6) is 5.75 Å². The number of carbonyl (C=O) groups is 1. The lowest BCUT2D eigenvalue weighted by Crippen LogP contribution is -2.66. The Morgan fingerprint density at radius 1 is 1.15 bits per heavy atom. The molecule has 34 heavy (non-hydrogen) atoms. The lowest BCUT2D eigenvalue weighted by atomic mass is 9.67. The number of nitrogens with zero attached hydrogens (tertiary/aromatic N) is 3. The second kappa shape index (κ2) is 9.19. The molecule has 1 amide bonds. The highest BCUT2D eigenvalue weighted by Gasteiger charge is 2.51. The summed E-state index contributed by atoms with van der Waals surface area (Å²) in [5.74, 6) is 2.47. The van der Waals surface area contributed by atoms with E-state index >= 15 is 0 Å². The van der Waals surface area contributed by atoms with Gasteiger partial charge in [0.1, 0.15) is 5.75 Å². The number of ether oxygens (including phenoxy) is 1. The average Bonchev–Trinajstić information content (AvgIpc) is 3.29. The third-order valence-electron chi connectivity index (χ3n) is 8.70. The molecule has 4 aliphatic heterocycles. The van der Waals surface area contributed by atoms with Crippen molar-refractivity contribution in [3.8, 4) is 5.75 Å². The van der Waals surface area contributed by atoms with Crippen molar-refractivity contribution in [3.63, 3.8) is 0 Å². The van der Waals surface area contributed by atoms with Gasteiger partial charge < -0.3 is 14.2 Å². The minimum absolute atomic E-state index is 0.285. The molecule has 4 saturated heterocycles. The fourth-order valence-electron chi connectivity index (χ4n) is 7.19. The summed E-state index contributed by atoms with van der Waals surface area (Å²) >= 11 is 3.68. The van der Waals surface area contributed by atoms with Gasteiger partial charge >= 0.3 is 0 Å². The smallest absolute Gasteiger partial charge is 0.250 e. The van der Waals surface area contributed by atoms with Crippen LogP contribution in [-0.4, -0.2) is 59.1 Å². The van der Waals surface area contributed by atoms with Crippen LogP contribution in [0.4, 0.5) is 0 Å². The van der Waals surface area contributed by atoms with Gasteiger partial charge in [-0.15, -0.1) is 0 Å². The van der Waals surface area contributed by atoms with Crippen molar-refractivity contribution in [2.75, 3.05) is 26.7 Å². The first-order valence-electron chi connectivity index (χ1n) is 12.9. The van der Waals surface area contributed by atoms with Gasteiger partial charge in [-0.25, -0.2) is 0 Å². The number of fused-ring (bicyclic) bond motifs is 2. The Kier molecular flexibility index (Phi) is 6.06. The number of methoxy groups -OCH3 is 1. The molecule has 5 heterocycles. The molecule has 0 spiro atoms. The minimum atomic E-state index is 0.285. The Morgan fingerprint density at radius 3 is 2.85 bits per heavy atom. The molecular weight excluding hydrogens is 490 g/mol. The molecule has 1 aromatic heterocycles. The number of hydrogen-bond acceptors (Lipinski definition) is 3. The van der Waals surface area contributed by atoms with E-state index in [1.807, 2.05) is 12.1 Å². The molecule has 0 saturated carbocycles. The van der Waals surface area contributed by atoms with E-state index in [0.717, 1.165) is 59.0 Å². The maximum atomic E-state index is 13.7. The number of amides is 1. The van der Waals surface area contributed by atoms with Crippen LogP contribution in [0.15, 0.2) is 46.6 Å². The van der Waals surface area contributed by atoms with Crippen LogP contribution in [0.25, 0.3) is 6.08 Å². The first kappa shape index (κ1) is 22.4. The molecular formula is C28H34BrN3O2. The highest BCUT2D eigenvalue weighted by molar-refractivity contribution is 9.10. The van der Waals surface area contributed by atoms with Crippen molar-refractivity contribution < 1.29 is 9.53 Å². The number of rotatable bonds is 4. The Hall–Kier alpha value is -2.05. The summed E-state index contributed by atoms with van der Waals surface area (Å²) in [5, 5.41) is 0. The molecule has 5 nitrogen and oxygen atoms in total. The van der Waals surface area contributed by atoms with Gasteiger partial charge in [0.15, 0.2) is 0 Å². The van der Waals surface area contributed by atoms with E-state index < -0.39 is 0 Å². The maximum absolute atomic E-state index is 13.7. The predicted molar refractivity (Wildman–Crippen MR) is 138 cm³/mol. The number of carbonyl (C=O) groups excluding carboxylic acids is 1. The van der Waals surface area contributed by atoms with E-state index in [1.54, 1.807) is 7.11 Å². The van der Waals surface area contributed by atoms with Crippen LogP contribution in [0.1, 0.15) is 49.8 Å². The van der Waals surface area contributed by atoms with Crippen molar-refractivity contribution in [2.45, 2.75) is 57.2 Å². The Morgan fingerprint density at radius 2 is 2.00 bits per heavy atom. The van der Waals surface area contributed by atoms with E-state index in [2.05, 4.69) is 60.8 Å². The van der Waals surface area contributed by atoms with E-state index in [1.165, 1.54) is 38.8 Å². The quantitative estimate of drug-likeness (QED) is 0.517. The fourth-order valence-corrected chi connectivity index (χ4v) is 7.56. The molecule has 180 valence electrons. The Labute approximate surface area is 210 Å². The Bertz CT molecular complexity index is 1110. The van der Waals surface area contributed by atoms with Crippen LogP contribution in [0.3, 0.4) is 0 Å². The number of hydrogen-bond donors (Lipinski definition) is 0. The van der Waals surface area contributed by atoms with Gasteiger partial charge in [0.25, 0.3) is 0 Å². The van der Waals surface area contributed by atoms with Gasteiger partial charge in [0.05, 0.1) is 7.11 Å². The molecule has 4 fully saturated rings. The molecule has 0 aliphatic carbocycles. The minimum Gasteiger partial charge on any atom is -0.497 e. The summed E-state index contributed by atoms with van der Waals surface area (Å²) in [4.78, 5) is 18.8. The summed E-state index contributed by atoms with van der Waals surface area (Å²) in [6.07, 6.45) is 11.4. The van der Waals surface area contributed by atoms with E-state index in [0.29, 0.717) is 17.9 Å². The molecule has 2 aromatic rings. The van der Waals surface area contributed by atoms with E-state index in [9.17, 15) is 4.79 Å². The van der Waals surface area contributed by atoms with E-state index in [4.69, 9.17) is 4.74 Å². The van der Waals surface area contributed by atoms with E-state index in [-0.39, 0.29) is 5.91 Å². The molecule has 6 heteroatoms. The topological polar surface area (TPSA) is 37.7 Å². The summed E-state index contributed by atoms with van der Waals surface area (Å²) in [6, 6.07) is 11.4. The standard InChI is InChI=1S/C28H34BrN3O2/c1-34-23-9-10-25(29)21(16-23)17-31-14-3-6-22(31)15-19-8-11-26-24-7-4-13-30-12-2-5-20(27(24)30)18-32(26)28(19)33/h3,6,9-10,14-16,20,24,26-27H,2,4-5,7-8,11-13,17-18H2,1H3/b19-15+/t20-,24+,26+,27-/m0/s1. The first-order valence-corrected chi connectivity index (χ1v) is 13.6. The van der Waals surface area contributed by atoms with Crippen molar-refractivity contribution >= 4 is 27.9 Å². The van der Waals surface area contributed by atoms with Crippen molar-refractivity contribution in [1.82, 2.24) is 14.4 Å². The average molecular weight is 525 g/mol. The molecule has 0 radical (unpaired) electrons. The number of halogens is 1. The third kappa shape index (κ3) is 3.93. The van der Waals surface area contributed by atoms with Crippen molar-refractivity contribution in [3.05, 3.63) is 57.8 Å². The summed E-state index contributed by atoms with van der Waals surface area (Å²) in [7, 11) is 1.70. The van der Waals surface area contributed by atoms with Gasteiger partial charge in [-0.05, 0) is 105 Å². The van der Waals surface area contributed by atoms with Crippen LogP contribution in [-0.2, 0) is 11.3 Å². The van der Waals surface area contributed by atoms with Gasteiger partial charge in [-0.2, -0.15) is 0 Å². The number of benzene rings is 1. The van der Waals surface area contributed by atoms with Gasteiger partial charge in [0, 0.05) is 47.1 Å². The predicted octanol–water partition coefficient (Wildman–Crippen LogP) is 5.19. The summed E-state index contributed by atoms with van der Waals surface area (Å²) in [6.45, 7) is 4.22. The molecule has 6 rings (SSSR count). The zero-order chi connectivity index (χ0) is 23.2. The van der Waals surface area contributed by atoms with Crippen LogP contribution in [0.2, 0.25) is 0 Å². The zero-order valence-corrected chi connectivity index (χ0v) is 21.5. The molecule has 0 bridgehead atoms. The summed E-state index contributed by atoms with van der Waals surface area (Å²) < 4.78 is 8.70. The number of aromatic nitrogens is 1. The molecule has 0 N–H and O–H groups in total. The van der Waals surface area contributed by atoms with Crippen molar-refractivity contribution in [1.29, 1.82) is 0 Å². The van der Waals surface area contributed by atoms with Crippen molar-refractivity contribution in [2.24, 2.45) is 11.8 Å². The normalized spacial score (nSPS) is 30.2. The number of piperidine rings is 4. The molecule has 0 unspecified atom stereocenters. The van der Waals surface area contributed by atoms with Crippen LogP contribution >= 0.6 is 15.9 Å². The largest absolute Gasteiger partial charge is 0.497 e. The maximum Gasteiger partial charge on any atom is 0.250 e. The highest BCUT2D eigenvalue weighted by Crippen LogP contribution is 2.45. The first-order chi connectivity index (χ1) is 16.6. The summed E-state index contributed by atoms with van der Waals surface area (Å²) in [5.41, 5.74) is 3.22. The molecule has 4 atom stereocenters. The second-order valence-electron chi connectivity index (χ2n) is 10.5. The lowest BCUT2D eigenvalue weighted by molar-refractivity contribution is -0.145. The zero-order valence-electron chi connectivity index (χ0n) is 20.0. The second-order valence-corrected chi connectivity index (χ2v) is 11.3. The lowest BCUT2D eigenvalue weighted by Gasteiger charge is -2.58. The highest BCUT2D eigenvalue weighted by atomic mass is 79.9. The fraction of sp³-hybridized carbons (Fsp3) is 0.536. The van der Waals surface area contributed by atoms with Gasteiger partial charge in [0.2, 0.25) is 5.91 Å². The monoisotopic (exact) mass is 523 g/mol. The van der Waals surface area contributed by atoms with Gasteiger partial charge in [-0.1, -0.05) is 15.9 Å². The van der Waals surface area contributed by atoms with Gasteiger partial charge in [-0.3, -0.25) is 9.69 Å². The van der Waals surface area contributed by atoms with Crippen LogP contribution in [0, 0.1) is 11.8 Å². The molecule has 1 aromatic carbocycles. The third-order valence-corrected chi connectivity index (χ3v) is 9.47. The Balaban J connectivity index is 1.24.